The van der Waals surface area contributed by atoms with Crippen LogP contribution in [0, 0.1) is 0 Å². The maximum Gasteiger partial charge on any atom is 0.469 e. The molecule has 0 amide bonds. The molecule has 120 valence electrons. The number of aromatic nitrogens is 4. The summed E-state index contributed by atoms with van der Waals surface area (Å²) in [7, 11) is -4.62. The van der Waals surface area contributed by atoms with Crippen molar-refractivity contribution in [2.24, 2.45) is 0 Å². The Bertz CT molecular complexity index is 736. The molecule has 0 bridgehead atoms. The summed E-state index contributed by atoms with van der Waals surface area (Å²) in [6.45, 7) is -0.412. The molecule has 22 heavy (non-hydrogen) atoms. The third-order valence-electron chi connectivity index (χ3n) is 3.22. The van der Waals surface area contributed by atoms with Crippen LogP contribution in [0.15, 0.2) is 12.7 Å². The fourth-order valence-corrected chi connectivity index (χ4v) is 2.65. The molecule has 1 saturated heterocycles. The fourth-order valence-electron chi connectivity index (χ4n) is 2.29. The highest BCUT2D eigenvalue weighted by Gasteiger charge is 2.38. The number of nitrogens with zero attached hydrogens (tertiary/aromatic N) is 4. The summed E-state index contributed by atoms with van der Waals surface area (Å²) in [5.41, 5.74) is 6.30. The van der Waals surface area contributed by atoms with Gasteiger partial charge in [0, 0.05) is 6.42 Å². The van der Waals surface area contributed by atoms with Crippen molar-refractivity contribution >= 4 is 24.8 Å². The van der Waals surface area contributed by atoms with Crippen LogP contribution in [0.5, 0.6) is 0 Å². The number of alkyl halides is 1. The number of ether oxygens (including phenoxy) is 1. The first-order valence-corrected chi connectivity index (χ1v) is 7.81. The lowest BCUT2D eigenvalue weighted by atomic mass is 10.2. The zero-order valence-electron chi connectivity index (χ0n) is 11.1. The van der Waals surface area contributed by atoms with Gasteiger partial charge in [0.15, 0.2) is 17.7 Å². The number of hydrogen-bond acceptors (Lipinski definition) is 7. The Labute approximate surface area is 123 Å². The van der Waals surface area contributed by atoms with Crippen molar-refractivity contribution in [3.63, 3.8) is 0 Å². The maximum atomic E-state index is 14.2. The van der Waals surface area contributed by atoms with E-state index in [0.29, 0.717) is 11.2 Å². The quantitative estimate of drug-likeness (QED) is 0.665. The minimum absolute atomic E-state index is 0.0646. The van der Waals surface area contributed by atoms with Gasteiger partial charge < -0.3 is 20.3 Å². The summed E-state index contributed by atoms with van der Waals surface area (Å²) in [4.78, 5) is 29.1. The van der Waals surface area contributed by atoms with E-state index in [1.807, 2.05) is 0 Å². The van der Waals surface area contributed by atoms with Crippen LogP contribution in [-0.2, 0) is 13.8 Å². The molecule has 3 heterocycles. The second kappa shape index (κ2) is 5.52. The number of fused-ring (bicyclic) bond motifs is 1. The number of phosphoric ester groups is 1. The van der Waals surface area contributed by atoms with Gasteiger partial charge in [0.25, 0.3) is 0 Å². The average molecular weight is 333 g/mol. The molecule has 0 radical (unpaired) electrons. The molecular weight excluding hydrogens is 320 g/mol. The summed E-state index contributed by atoms with van der Waals surface area (Å²) in [5, 5.41) is 0. The highest BCUT2D eigenvalue weighted by atomic mass is 31.2. The molecular formula is C10H13FN5O5P. The van der Waals surface area contributed by atoms with Crippen LogP contribution >= 0.6 is 7.82 Å². The molecule has 12 heteroatoms. The molecule has 1 aliphatic heterocycles. The largest absolute Gasteiger partial charge is 0.469 e. The Morgan fingerprint density at radius 1 is 1.50 bits per heavy atom. The van der Waals surface area contributed by atoms with E-state index in [-0.39, 0.29) is 12.2 Å². The summed E-state index contributed by atoms with van der Waals surface area (Å²) in [5.74, 6) is 0.165. The monoisotopic (exact) mass is 333 g/mol. The minimum Gasteiger partial charge on any atom is -0.382 e. The third kappa shape index (κ3) is 2.94. The van der Waals surface area contributed by atoms with E-state index in [1.54, 1.807) is 0 Å². The van der Waals surface area contributed by atoms with Crippen LogP contribution in [0.2, 0.25) is 0 Å². The Hall–Kier alpha value is -1.65. The number of halogens is 1. The number of anilines is 1. The zero-order valence-corrected chi connectivity index (χ0v) is 12.0. The van der Waals surface area contributed by atoms with Crippen molar-refractivity contribution in [1.82, 2.24) is 19.5 Å². The molecule has 0 aromatic carbocycles. The Balaban J connectivity index is 1.80. The van der Waals surface area contributed by atoms with Crippen molar-refractivity contribution in [3.05, 3.63) is 12.7 Å². The molecule has 3 rings (SSSR count). The van der Waals surface area contributed by atoms with Gasteiger partial charge in [-0.1, -0.05) is 0 Å². The van der Waals surface area contributed by atoms with Crippen molar-refractivity contribution in [2.75, 3.05) is 12.3 Å². The first-order valence-electron chi connectivity index (χ1n) is 6.28. The molecule has 3 atom stereocenters. The van der Waals surface area contributed by atoms with E-state index >= 15 is 0 Å². The van der Waals surface area contributed by atoms with Gasteiger partial charge in [-0.3, -0.25) is 9.09 Å². The Morgan fingerprint density at radius 3 is 3.00 bits per heavy atom. The summed E-state index contributed by atoms with van der Waals surface area (Å²) in [6.07, 6.45) is -0.718. The van der Waals surface area contributed by atoms with E-state index in [2.05, 4.69) is 19.5 Å². The van der Waals surface area contributed by atoms with Gasteiger partial charge in [-0.15, -0.1) is 0 Å². The van der Waals surface area contributed by atoms with Crippen molar-refractivity contribution in [3.8, 4) is 0 Å². The SMILES string of the molecule is Nc1ncnc2c1ncn2[C@@H]1O[C@H](COP(=O)(O)O)C[C@@H]1F. The maximum absolute atomic E-state index is 14.2. The molecule has 1 aliphatic rings. The van der Waals surface area contributed by atoms with Crippen LogP contribution in [0.1, 0.15) is 12.6 Å². The number of rotatable bonds is 4. The van der Waals surface area contributed by atoms with Crippen molar-refractivity contribution in [2.45, 2.75) is 24.9 Å². The summed E-state index contributed by atoms with van der Waals surface area (Å²) in [6, 6.07) is 0. The predicted octanol–water partition coefficient (Wildman–Crippen LogP) is 0.143. The number of hydrogen-bond donors (Lipinski definition) is 3. The van der Waals surface area contributed by atoms with Crippen molar-refractivity contribution < 1.29 is 28.0 Å². The third-order valence-corrected chi connectivity index (χ3v) is 3.70. The predicted molar refractivity (Wildman–Crippen MR) is 71.2 cm³/mol. The number of nitrogen functional groups attached to an aromatic ring is 1. The van der Waals surface area contributed by atoms with Crippen LogP contribution < -0.4 is 5.73 Å². The minimum atomic E-state index is -4.62. The van der Waals surface area contributed by atoms with Crippen LogP contribution in [0.25, 0.3) is 11.2 Å². The normalized spacial score (nSPS) is 25.9. The molecule has 0 spiro atoms. The van der Waals surface area contributed by atoms with Gasteiger partial charge in [-0.05, 0) is 0 Å². The van der Waals surface area contributed by atoms with Gasteiger partial charge in [0.2, 0.25) is 0 Å². The number of phosphoric acid groups is 1. The Kier molecular flexibility index (Phi) is 3.83. The van der Waals surface area contributed by atoms with Gasteiger partial charge >= 0.3 is 7.82 Å². The number of nitrogens with two attached hydrogens (primary N) is 1. The lowest BCUT2D eigenvalue weighted by Gasteiger charge is -2.16. The first kappa shape index (κ1) is 15.3. The first-order chi connectivity index (χ1) is 10.3. The number of imidazole rings is 1. The molecule has 10 nitrogen and oxygen atoms in total. The Morgan fingerprint density at radius 2 is 2.27 bits per heavy atom. The molecule has 1 fully saturated rings. The molecule has 0 saturated carbocycles. The molecule has 2 aromatic heterocycles. The average Bonchev–Trinajstić information content (AvgIpc) is 3.00. The standard InChI is InChI=1S/C10H13FN5O5P/c11-6-1-5(2-20-22(17,18)19)21-10(6)16-4-15-7-8(12)13-3-14-9(7)16/h3-6,10H,1-2H2,(H2,12,13,14)(H2,17,18,19)/t5-,6-,10+/m0/s1. The second-order valence-electron chi connectivity index (χ2n) is 4.77. The van der Waals surface area contributed by atoms with E-state index < -0.39 is 32.9 Å². The van der Waals surface area contributed by atoms with E-state index in [0.717, 1.165) is 0 Å². The lowest BCUT2D eigenvalue weighted by molar-refractivity contribution is -0.0347. The highest BCUT2D eigenvalue weighted by molar-refractivity contribution is 7.46. The smallest absolute Gasteiger partial charge is 0.382 e. The topological polar surface area (TPSA) is 146 Å². The van der Waals surface area contributed by atoms with E-state index in [1.165, 1.54) is 17.2 Å². The van der Waals surface area contributed by atoms with Crippen LogP contribution in [-0.4, -0.2) is 48.2 Å². The van der Waals surface area contributed by atoms with E-state index in [9.17, 15) is 8.96 Å². The highest BCUT2D eigenvalue weighted by Crippen LogP contribution is 2.39. The molecule has 4 N–H and O–H groups in total. The molecule has 0 aliphatic carbocycles. The van der Waals surface area contributed by atoms with Crippen molar-refractivity contribution in [1.29, 1.82) is 0 Å². The summed E-state index contributed by atoms with van der Waals surface area (Å²) >= 11 is 0. The van der Waals surface area contributed by atoms with Gasteiger partial charge in [0.05, 0.1) is 19.0 Å². The molecule has 0 unspecified atom stereocenters. The second-order valence-corrected chi connectivity index (χ2v) is 6.01. The van der Waals surface area contributed by atoms with E-state index in [4.69, 9.17) is 20.3 Å². The van der Waals surface area contributed by atoms with Crippen LogP contribution in [0.3, 0.4) is 0 Å². The van der Waals surface area contributed by atoms with Crippen LogP contribution in [0.4, 0.5) is 10.2 Å². The van der Waals surface area contributed by atoms with Gasteiger partial charge in [-0.2, -0.15) is 0 Å². The summed E-state index contributed by atoms with van der Waals surface area (Å²) < 4.78 is 36.0. The van der Waals surface area contributed by atoms with Gasteiger partial charge in [-0.25, -0.2) is 23.9 Å². The lowest BCUT2D eigenvalue weighted by Crippen LogP contribution is -2.17. The van der Waals surface area contributed by atoms with Gasteiger partial charge in [0.1, 0.15) is 18.0 Å². The fraction of sp³-hybridized carbons (Fsp3) is 0.500. The zero-order chi connectivity index (χ0) is 15.9. The molecule has 2 aromatic rings.